The molecule has 28 heavy (non-hydrogen) atoms. The first kappa shape index (κ1) is 18.3. The molecule has 0 saturated heterocycles. The fraction of sp³-hybridized carbons (Fsp3) is 0.136. The van der Waals surface area contributed by atoms with Crippen LogP contribution in [0.2, 0.25) is 0 Å². The van der Waals surface area contributed by atoms with E-state index in [4.69, 9.17) is 9.98 Å². The lowest BCUT2D eigenvalue weighted by Crippen LogP contribution is -2.37. The Kier molecular flexibility index (Phi) is 5.12. The standard InChI is InChI=1S/C22H18FN3OS/c1-2-16-20(14-9-11-15(23)12-10-14)21(26-22(27)19-8-5-13-28-19)25-18-7-4-3-6-17(18)24-16/h3-13,20H,2H2,1H3,(H,25,26,27)/t20-/m1/s1. The third kappa shape index (κ3) is 3.64. The highest BCUT2D eigenvalue weighted by molar-refractivity contribution is 7.12. The van der Waals surface area contributed by atoms with Gasteiger partial charge in [0.15, 0.2) is 0 Å². The first-order valence-electron chi connectivity index (χ1n) is 9.01. The second-order valence-corrected chi connectivity index (χ2v) is 7.31. The topological polar surface area (TPSA) is 53.8 Å². The summed E-state index contributed by atoms with van der Waals surface area (Å²) in [4.78, 5) is 22.9. The van der Waals surface area contributed by atoms with Gasteiger partial charge in [-0.3, -0.25) is 9.79 Å². The maximum atomic E-state index is 13.5. The van der Waals surface area contributed by atoms with Crippen LogP contribution in [0.3, 0.4) is 0 Å². The van der Waals surface area contributed by atoms with E-state index < -0.39 is 0 Å². The van der Waals surface area contributed by atoms with Gasteiger partial charge in [0.25, 0.3) is 5.91 Å². The van der Waals surface area contributed by atoms with Gasteiger partial charge in [0.05, 0.1) is 22.2 Å². The second kappa shape index (κ2) is 7.86. The quantitative estimate of drug-likeness (QED) is 0.618. The van der Waals surface area contributed by atoms with Crippen molar-refractivity contribution in [3.05, 3.63) is 82.3 Å². The number of benzene rings is 2. The molecule has 0 aliphatic carbocycles. The molecule has 2 aromatic carbocycles. The van der Waals surface area contributed by atoms with Gasteiger partial charge in [0.1, 0.15) is 11.7 Å². The lowest BCUT2D eigenvalue weighted by Gasteiger charge is -2.20. The molecular formula is C22H18FN3OS. The minimum atomic E-state index is -0.359. The molecule has 1 aliphatic heterocycles. The van der Waals surface area contributed by atoms with E-state index in [9.17, 15) is 9.18 Å². The summed E-state index contributed by atoms with van der Waals surface area (Å²) in [5, 5.41) is 4.83. The number of amides is 1. The van der Waals surface area contributed by atoms with E-state index in [1.807, 2.05) is 42.6 Å². The Hall–Kier alpha value is -3.12. The van der Waals surface area contributed by atoms with Gasteiger partial charge in [-0.15, -0.1) is 11.3 Å². The summed E-state index contributed by atoms with van der Waals surface area (Å²) in [5.74, 6) is -0.384. The van der Waals surface area contributed by atoms with Crippen molar-refractivity contribution in [3.8, 4) is 0 Å². The van der Waals surface area contributed by atoms with Crippen LogP contribution in [0.5, 0.6) is 0 Å². The molecular weight excluding hydrogens is 373 g/mol. The van der Waals surface area contributed by atoms with Crippen LogP contribution >= 0.6 is 11.3 Å². The molecule has 1 amide bonds. The number of hydrogen-bond donors (Lipinski definition) is 1. The number of carbonyl (C=O) groups excluding carboxylic acids is 1. The molecule has 2 heterocycles. The second-order valence-electron chi connectivity index (χ2n) is 6.36. The monoisotopic (exact) mass is 391 g/mol. The summed E-state index contributed by atoms with van der Waals surface area (Å²) in [6.45, 7) is 2.02. The number of halogens is 1. The number of rotatable bonds is 3. The number of hydrogen-bond acceptors (Lipinski definition) is 4. The van der Waals surface area contributed by atoms with Gasteiger partial charge in [-0.1, -0.05) is 37.3 Å². The minimum Gasteiger partial charge on any atom is -0.309 e. The maximum Gasteiger partial charge on any atom is 0.266 e. The summed E-state index contributed by atoms with van der Waals surface area (Å²) in [6.07, 6.45) is 0.671. The van der Waals surface area contributed by atoms with E-state index in [-0.39, 0.29) is 17.6 Å². The smallest absolute Gasteiger partial charge is 0.266 e. The Morgan fingerprint density at radius 3 is 2.39 bits per heavy atom. The van der Waals surface area contributed by atoms with Gasteiger partial charge in [-0.25, -0.2) is 9.38 Å². The summed E-state index contributed by atoms with van der Waals surface area (Å²) >= 11 is 1.37. The molecule has 3 aromatic rings. The van der Waals surface area contributed by atoms with E-state index >= 15 is 0 Å². The number of aliphatic imine (C=N–C) groups is 2. The van der Waals surface area contributed by atoms with E-state index in [1.165, 1.54) is 23.5 Å². The molecule has 4 nitrogen and oxygen atoms in total. The molecule has 1 aromatic heterocycles. The van der Waals surface area contributed by atoms with Crippen LogP contribution in [0, 0.1) is 5.82 Å². The molecule has 0 fully saturated rings. The van der Waals surface area contributed by atoms with Gasteiger partial charge in [-0.2, -0.15) is 0 Å². The van der Waals surface area contributed by atoms with Crippen LogP contribution in [0.4, 0.5) is 15.8 Å². The van der Waals surface area contributed by atoms with Crippen LogP contribution in [-0.2, 0) is 0 Å². The Balaban J connectivity index is 1.83. The average Bonchev–Trinajstić information content (AvgIpc) is 3.20. The van der Waals surface area contributed by atoms with Crippen molar-refractivity contribution < 1.29 is 9.18 Å². The predicted molar refractivity (Wildman–Crippen MR) is 112 cm³/mol. The molecule has 0 bridgehead atoms. The van der Waals surface area contributed by atoms with Crippen molar-refractivity contribution in [2.75, 3.05) is 0 Å². The number of nitrogens with one attached hydrogen (secondary N) is 1. The van der Waals surface area contributed by atoms with E-state index in [2.05, 4.69) is 5.32 Å². The molecule has 1 aliphatic rings. The van der Waals surface area contributed by atoms with Gasteiger partial charge < -0.3 is 5.32 Å². The zero-order chi connectivity index (χ0) is 19.5. The van der Waals surface area contributed by atoms with Crippen LogP contribution in [0.25, 0.3) is 0 Å². The number of amidine groups is 1. The van der Waals surface area contributed by atoms with Crippen LogP contribution in [0.1, 0.15) is 34.5 Å². The van der Waals surface area contributed by atoms with Crippen LogP contribution in [0.15, 0.2) is 76.0 Å². The summed E-state index contributed by atoms with van der Waals surface area (Å²) in [6, 6.07) is 17.4. The van der Waals surface area contributed by atoms with Gasteiger partial charge in [0.2, 0.25) is 0 Å². The van der Waals surface area contributed by atoms with Gasteiger partial charge >= 0.3 is 0 Å². The number of thiophene rings is 1. The average molecular weight is 391 g/mol. The first-order chi connectivity index (χ1) is 13.7. The summed E-state index contributed by atoms with van der Waals surface area (Å²) in [7, 11) is 0. The van der Waals surface area contributed by atoms with Gasteiger partial charge in [-0.05, 0) is 47.7 Å². The Morgan fingerprint density at radius 2 is 1.75 bits per heavy atom. The zero-order valence-corrected chi connectivity index (χ0v) is 16.0. The van der Waals surface area contributed by atoms with Crippen LogP contribution in [-0.4, -0.2) is 17.5 Å². The molecule has 0 unspecified atom stereocenters. The normalized spacial score (nSPS) is 15.9. The third-order valence-electron chi connectivity index (χ3n) is 4.55. The predicted octanol–water partition coefficient (Wildman–Crippen LogP) is 5.63. The lowest BCUT2D eigenvalue weighted by molar-refractivity contribution is 0.0980. The van der Waals surface area contributed by atoms with Crippen molar-refractivity contribution in [2.24, 2.45) is 9.98 Å². The molecule has 6 heteroatoms. The lowest BCUT2D eigenvalue weighted by atomic mass is 9.91. The molecule has 1 atom stereocenters. The van der Waals surface area contributed by atoms with E-state index in [0.29, 0.717) is 22.8 Å². The molecule has 0 radical (unpaired) electrons. The largest absolute Gasteiger partial charge is 0.309 e. The van der Waals surface area contributed by atoms with E-state index in [1.54, 1.807) is 18.2 Å². The van der Waals surface area contributed by atoms with Crippen molar-refractivity contribution >= 4 is 40.2 Å². The Morgan fingerprint density at radius 1 is 1.04 bits per heavy atom. The fourth-order valence-corrected chi connectivity index (χ4v) is 3.82. The Labute approximate surface area is 166 Å². The molecule has 1 N–H and O–H groups in total. The number of fused-ring (bicyclic) bond motifs is 1. The zero-order valence-electron chi connectivity index (χ0n) is 15.2. The van der Waals surface area contributed by atoms with Crippen molar-refractivity contribution in [3.63, 3.8) is 0 Å². The highest BCUT2D eigenvalue weighted by atomic mass is 32.1. The molecule has 0 saturated carbocycles. The minimum absolute atomic E-state index is 0.212. The van der Waals surface area contributed by atoms with Crippen molar-refractivity contribution in [2.45, 2.75) is 19.3 Å². The van der Waals surface area contributed by atoms with Crippen molar-refractivity contribution in [1.82, 2.24) is 5.32 Å². The first-order valence-corrected chi connectivity index (χ1v) is 9.89. The molecule has 140 valence electrons. The highest BCUT2D eigenvalue weighted by Gasteiger charge is 2.28. The molecule has 4 rings (SSSR count). The van der Waals surface area contributed by atoms with Gasteiger partial charge in [0, 0.05) is 5.71 Å². The Bertz CT molecular complexity index is 1060. The third-order valence-corrected chi connectivity index (χ3v) is 5.41. The number of carbonyl (C=O) groups is 1. The molecule has 0 spiro atoms. The fourth-order valence-electron chi connectivity index (χ4n) is 3.20. The summed E-state index contributed by atoms with van der Waals surface area (Å²) < 4.78 is 13.5. The summed E-state index contributed by atoms with van der Waals surface area (Å²) in [5.41, 5.74) is 3.15. The van der Waals surface area contributed by atoms with Crippen LogP contribution < -0.4 is 5.32 Å². The number of para-hydroxylation sites is 2. The number of nitrogens with zero attached hydrogens (tertiary/aromatic N) is 2. The highest BCUT2D eigenvalue weighted by Crippen LogP contribution is 2.35. The van der Waals surface area contributed by atoms with E-state index in [0.717, 1.165) is 17.0 Å². The SMILES string of the molecule is CCC1=Nc2ccccc2N=C(NC(=O)c2cccs2)[C@@H]1c1ccc(F)cc1. The maximum absolute atomic E-state index is 13.5. The van der Waals surface area contributed by atoms with Crippen molar-refractivity contribution in [1.29, 1.82) is 0 Å².